The highest BCUT2D eigenvalue weighted by molar-refractivity contribution is 14.1. The maximum Gasteiger partial charge on any atom is 0.304 e. The molecule has 0 fully saturated rings. The van der Waals surface area contributed by atoms with Crippen molar-refractivity contribution in [3.05, 3.63) is 52.6 Å². The Bertz CT molecular complexity index is 637. The Morgan fingerprint density at radius 2 is 2.28 bits per heavy atom. The number of hydrogen-bond donors (Lipinski definition) is 2. The lowest BCUT2D eigenvalue weighted by Crippen LogP contribution is -2.04. The van der Waals surface area contributed by atoms with Crippen LogP contribution in [0, 0.1) is 13.7 Å². The summed E-state index contributed by atoms with van der Waals surface area (Å²) in [6.07, 6.45) is 0. The van der Waals surface area contributed by atoms with Crippen molar-refractivity contribution in [3.8, 4) is 0 Å². The Labute approximate surface area is 119 Å². The molecule has 2 rings (SSSR count). The lowest BCUT2D eigenvalue weighted by atomic mass is 10.3. The number of thiazole rings is 1. The third-order valence-corrected chi connectivity index (χ3v) is 3.81. The summed E-state index contributed by atoms with van der Waals surface area (Å²) in [5.74, 6) is 0. The van der Waals surface area contributed by atoms with Gasteiger partial charge in [0.25, 0.3) is 5.69 Å². The van der Waals surface area contributed by atoms with Gasteiger partial charge in [-0.1, -0.05) is 11.3 Å². The second-order valence-corrected chi connectivity index (χ2v) is 5.45. The van der Waals surface area contributed by atoms with Crippen molar-refractivity contribution in [1.82, 2.24) is 4.98 Å². The first-order chi connectivity index (χ1) is 8.56. The van der Waals surface area contributed by atoms with Crippen molar-refractivity contribution in [2.75, 3.05) is 5.32 Å². The van der Waals surface area contributed by atoms with Gasteiger partial charge < -0.3 is 10.3 Å². The summed E-state index contributed by atoms with van der Waals surface area (Å²) in [6, 6.07) is 4.60. The van der Waals surface area contributed by atoms with Crippen LogP contribution in [0.3, 0.4) is 0 Å². The molecule has 18 heavy (non-hydrogen) atoms. The van der Waals surface area contributed by atoms with Crippen LogP contribution in [-0.2, 0) is 6.54 Å². The van der Waals surface area contributed by atoms with Gasteiger partial charge in [-0.2, -0.15) is 0 Å². The number of nitrogens with one attached hydrogen (secondary N) is 2. The van der Waals surface area contributed by atoms with Gasteiger partial charge in [-0.15, -0.1) is 0 Å². The summed E-state index contributed by atoms with van der Waals surface area (Å²) in [5, 5.41) is 15.4. The maximum atomic E-state index is 10.9. The molecular formula is C10H8IN3O3S. The molecule has 1 heterocycles. The largest absolute Gasteiger partial charge is 0.379 e. The minimum absolute atomic E-state index is 0.0638. The van der Waals surface area contributed by atoms with Gasteiger partial charge in [0.15, 0.2) is 0 Å². The highest BCUT2D eigenvalue weighted by atomic mass is 127. The number of aromatic amines is 1. The Morgan fingerprint density at radius 1 is 1.50 bits per heavy atom. The summed E-state index contributed by atoms with van der Waals surface area (Å²) in [5.41, 5.74) is 1.65. The van der Waals surface area contributed by atoms with Gasteiger partial charge in [-0.05, 0) is 28.7 Å². The molecule has 0 aliphatic carbocycles. The molecule has 0 aliphatic heterocycles. The minimum atomic E-state index is -0.428. The molecule has 2 aromatic rings. The van der Waals surface area contributed by atoms with Gasteiger partial charge in [0.05, 0.1) is 11.5 Å². The smallest absolute Gasteiger partial charge is 0.304 e. The summed E-state index contributed by atoms with van der Waals surface area (Å²) in [7, 11) is 0. The van der Waals surface area contributed by atoms with E-state index in [1.165, 1.54) is 12.1 Å². The van der Waals surface area contributed by atoms with Gasteiger partial charge in [0.2, 0.25) is 0 Å². The molecule has 6 nitrogen and oxygen atoms in total. The second-order valence-electron chi connectivity index (χ2n) is 3.45. The lowest BCUT2D eigenvalue weighted by Gasteiger charge is -2.06. The third-order valence-electron chi connectivity index (χ3n) is 2.20. The van der Waals surface area contributed by atoms with Gasteiger partial charge in [-0.3, -0.25) is 14.9 Å². The van der Waals surface area contributed by atoms with Crippen LogP contribution in [0.25, 0.3) is 0 Å². The number of anilines is 1. The van der Waals surface area contributed by atoms with Crippen LogP contribution >= 0.6 is 33.9 Å². The van der Waals surface area contributed by atoms with Crippen molar-refractivity contribution >= 4 is 45.3 Å². The van der Waals surface area contributed by atoms with Gasteiger partial charge >= 0.3 is 4.87 Å². The van der Waals surface area contributed by atoms with Crippen molar-refractivity contribution < 1.29 is 4.92 Å². The molecule has 0 bridgehead atoms. The number of H-pyrrole nitrogens is 1. The van der Waals surface area contributed by atoms with Crippen LogP contribution < -0.4 is 10.2 Å². The van der Waals surface area contributed by atoms with E-state index in [1.807, 2.05) is 22.6 Å². The lowest BCUT2D eigenvalue weighted by molar-refractivity contribution is -0.384. The molecule has 8 heteroatoms. The number of aromatic nitrogens is 1. The van der Waals surface area contributed by atoms with E-state index in [-0.39, 0.29) is 10.6 Å². The normalized spacial score (nSPS) is 10.3. The van der Waals surface area contributed by atoms with Gasteiger partial charge in [0, 0.05) is 32.5 Å². The Balaban J connectivity index is 2.10. The first kappa shape index (κ1) is 13.0. The number of non-ortho nitro benzene ring substituents is 1. The van der Waals surface area contributed by atoms with Crippen LogP contribution in [0.5, 0.6) is 0 Å². The van der Waals surface area contributed by atoms with Crippen molar-refractivity contribution in [3.63, 3.8) is 0 Å². The number of benzene rings is 1. The standard InChI is InChI=1S/C10H8IN3O3S/c11-8-3-7(14(16)17)1-2-9(8)12-4-6-5-18-10(15)13-6/h1-3,5,12H,4H2,(H,13,15). The van der Waals surface area contributed by atoms with E-state index >= 15 is 0 Å². The van der Waals surface area contributed by atoms with E-state index in [4.69, 9.17) is 0 Å². The number of nitro groups is 1. The zero-order chi connectivity index (χ0) is 13.1. The number of hydrogen-bond acceptors (Lipinski definition) is 5. The SMILES string of the molecule is O=c1[nH]c(CNc2ccc([N+](=O)[O-])cc2I)cs1. The van der Waals surface area contributed by atoms with E-state index in [2.05, 4.69) is 10.3 Å². The molecule has 0 saturated carbocycles. The topological polar surface area (TPSA) is 88.0 Å². The van der Waals surface area contributed by atoms with Gasteiger partial charge in [0.1, 0.15) is 0 Å². The Morgan fingerprint density at radius 3 is 2.83 bits per heavy atom. The molecule has 0 saturated heterocycles. The molecule has 0 radical (unpaired) electrons. The van der Waals surface area contributed by atoms with Crippen LogP contribution in [-0.4, -0.2) is 9.91 Å². The van der Waals surface area contributed by atoms with Crippen molar-refractivity contribution in [1.29, 1.82) is 0 Å². The zero-order valence-electron chi connectivity index (χ0n) is 8.97. The molecule has 0 atom stereocenters. The van der Waals surface area contributed by atoms with E-state index < -0.39 is 4.92 Å². The molecule has 0 spiro atoms. The fraction of sp³-hybridized carbons (Fsp3) is 0.100. The number of halogens is 1. The van der Waals surface area contributed by atoms with Gasteiger partial charge in [-0.25, -0.2) is 0 Å². The Hall–Kier alpha value is -1.42. The molecule has 94 valence electrons. The first-order valence-corrected chi connectivity index (χ1v) is 6.86. The molecule has 0 unspecified atom stereocenters. The molecule has 0 aliphatic rings. The molecule has 1 aromatic heterocycles. The molecule has 2 N–H and O–H groups in total. The molecular weight excluding hydrogens is 369 g/mol. The van der Waals surface area contributed by atoms with E-state index in [0.29, 0.717) is 6.54 Å². The predicted octanol–water partition coefficient (Wildman–Crippen LogP) is 2.56. The zero-order valence-corrected chi connectivity index (χ0v) is 11.9. The number of rotatable bonds is 4. The van der Waals surface area contributed by atoms with Crippen LogP contribution in [0.2, 0.25) is 0 Å². The molecule has 1 aromatic carbocycles. The maximum absolute atomic E-state index is 10.9. The quantitative estimate of drug-likeness (QED) is 0.487. The minimum Gasteiger partial charge on any atom is -0.379 e. The van der Waals surface area contributed by atoms with E-state index in [1.54, 1.807) is 11.4 Å². The number of nitro benzene ring substituents is 1. The van der Waals surface area contributed by atoms with Crippen LogP contribution in [0.4, 0.5) is 11.4 Å². The fourth-order valence-electron chi connectivity index (χ4n) is 1.35. The summed E-state index contributed by atoms with van der Waals surface area (Å²) in [4.78, 5) is 23.7. The fourth-order valence-corrected chi connectivity index (χ4v) is 2.62. The Kier molecular flexibility index (Phi) is 3.97. The average molecular weight is 377 g/mol. The first-order valence-electron chi connectivity index (χ1n) is 4.91. The highest BCUT2D eigenvalue weighted by Crippen LogP contribution is 2.23. The van der Waals surface area contributed by atoms with Crippen molar-refractivity contribution in [2.45, 2.75) is 6.54 Å². The average Bonchev–Trinajstić information content (AvgIpc) is 2.73. The van der Waals surface area contributed by atoms with Crippen LogP contribution in [0.1, 0.15) is 5.69 Å². The second kappa shape index (κ2) is 5.48. The van der Waals surface area contributed by atoms with Crippen molar-refractivity contribution in [2.24, 2.45) is 0 Å². The monoisotopic (exact) mass is 377 g/mol. The summed E-state index contributed by atoms with van der Waals surface area (Å²) < 4.78 is 0.763. The highest BCUT2D eigenvalue weighted by Gasteiger charge is 2.08. The number of nitrogens with zero attached hydrogens (tertiary/aromatic N) is 1. The van der Waals surface area contributed by atoms with E-state index in [9.17, 15) is 14.9 Å². The molecule has 0 amide bonds. The summed E-state index contributed by atoms with van der Waals surface area (Å²) >= 11 is 3.14. The van der Waals surface area contributed by atoms with Crippen LogP contribution in [0.15, 0.2) is 28.4 Å². The van der Waals surface area contributed by atoms with E-state index in [0.717, 1.165) is 26.3 Å². The predicted molar refractivity (Wildman–Crippen MR) is 78.1 cm³/mol. The summed E-state index contributed by atoms with van der Waals surface area (Å²) in [6.45, 7) is 0.479. The third kappa shape index (κ3) is 3.07.